The molecule has 0 saturated heterocycles. The molecule has 0 unspecified atom stereocenters. The van der Waals surface area contributed by atoms with Gasteiger partial charge < -0.3 is 9.63 Å². The summed E-state index contributed by atoms with van der Waals surface area (Å²) in [4.78, 5) is 29.3. The summed E-state index contributed by atoms with van der Waals surface area (Å²) >= 11 is 1.40. The van der Waals surface area contributed by atoms with Crippen LogP contribution in [0.25, 0.3) is 10.9 Å². The van der Waals surface area contributed by atoms with Crippen LogP contribution in [0, 0.1) is 13.8 Å². The molecule has 0 fully saturated rings. The lowest BCUT2D eigenvalue weighted by Crippen LogP contribution is -2.24. The predicted octanol–water partition coefficient (Wildman–Crippen LogP) is 4.04. The molecule has 0 aliphatic carbocycles. The minimum atomic E-state index is -1.06. The average Bonchev–Trinajstić information content (AvgIpc) is 3.06. The van der Waals surface area contributed by atoms with Crippen molar-refractivity contribution in [1.29, 1.82) is 0 Å². The number of nitrogens with zero attached hydrogens (tertiary/aromatic N) is 3. The fourth-order valence-corrected chi connectivity index (χ4v) is 4.35. The normalized spacial score (nSPS) is 11.1. The van der Waals surface area contributed by atoms with Gasteiger partial charge in [-0.3, -0.25) is 9.36 Å². The average molecular weight is 421 g/mol. The van der Waals surface area contributed by atoms with Crippen LogP contribution in [0.1, 0.15) is 32.9 Å². The van der Waals surface area contributed by atoms with E-state index in [-0.39, 0.29) is 11.1 Å². The standard InChI is InChI=1S/C22H19N3O4S/c1-13-18(14(2)29-24-13)12-30-22-23-19-10-16(21(27)28)8-9-17(19)20(26)25(22)11-15-6-4-3-5-7-15/h3-10H,11-12H2,1-2H3,(H,27,28). The van der Waals surface area contributed by atoms with E-state index in [1.807, 2.05) is 44.2 Å². The highest BCUT2D eigenvalue weighted by atomic mass is 32.2. The largest absolute Gasteiger partial charge is 0.478 e. The number of aromatic nitrogens is 3. The first-order valence-corrected chi connectivity index (χ1v) is 10.3. The number of carboxylic acid groups (broad SMARTS) is 1. The highest BCUT2D eigenvalue weighted by Crippen LogP contribution is 2.26. The van der Waals surface area contributed by atoms with Crippen molar-refractivity contribution in [3.8, 4) is 0 Å². The molecule has 1 N–H and O–H groups in total. The van der Waals surface area contributed by atoms with Gasteiger partial charge >= 0.3 is 5.97 Å². The Morgan fingerprint density at radius 1 is 1.17 bits per heavy atom. The lowest BCUT2D eigenvalue weighted by molar-refractivity contribution is 0.0697. The number of carboxylic acids is 1. The zero-order chi connectivity index (χ0) is 21.3. The maximum Gasteiger partial charge on any atom is 0.335 e. The molecule has 2 aromatic heterocycles. The summed E-state index contributed by atoms with van der Waals surface area (Å²) in [6, 6.07) is 14.1. The number of hydrogen-bond acceptors (Lipinski definition) is 6. The highest BCUT2D eigenvalue weighted by molar-refractivity contribution is 7.98. The molecule has 152 valence electrons. The van der Waals surface area contributed by atoms with Gasteiger partial charge in [-0.1, -0.05) is 47.3 Å². The van der Waals surface area contributed by atoms with Crippen LogP contribution in [0.3, 0.4) is 0 Å². The number of aryl methyl sites for hydroxylation is 2. The van der Waals surface area contributed by atoms with Gasteiger partial charge in [-0.2, -0.15) is 0 Å². The van der Waals surface area contributed by atoms with E-state index in [4.69, 9.17) is 4.52 Å². The van der Waals surface area contributed by atoms with E-state index in [0.29, 0.717) is 28.4 Å². The molecule has 8 heteroatoms. The Balaban J connectivity index is 1.82. The van der Waals surface area contributed by atoms with Gasteiger partial charge in [0.15, 0.2) is 5.16 Å². The Morgan fingerprint density at radius 3 is 2.60 bits per heavy atom. The maximum atomic E-state index is 13.3. The summed E-state index contributed by atoms with van der Waals surface area (Å²) in [6.45, 7) is 4.09. The van der Waals surface area contributed by atoms with E-state index in [1.165, 1.54) is 30.0 Å². The van der Waals surface area contributed by atoms with Gasteiger partial charge in [-0.05, 0) is 37.6 Å². The number of aromatic carboxylic acids is 1. The van der Waals surface area contributed by atoms with E-state index in [9.17, 15) is 14.7 Å². The monoisotopic (exact) mass is 421 g/mol. The molecule has 7 nitrogen and oxygen atoms in total. The van der Waals surface area contributed by atoms with E-state index in [1.54, 1.807) is 4.57 Å². The first-order chi connectivity index (χ1) is 14.4. The number of thioether (sulfide) groups is 1. The van der Waals surface area contributed by atoms with Gasteiger partial charge in [-0.25, -0.2) is 9.78 Å². The maximum absolute atomic E-state index is 13.3. The fourth-order valence-electron chi connectivity index (χ4n) is 3.19. The van der Waals surface area contributed by atoms with Crippen molar-refractivity contribution in [2.75, 3.05) is 0 Å². The number of hydrogen-bond donors (Lipinski definition) is 1. The summed E-state index contributed by atoms with van der Waals surface area (Å²) in [7, 11) is 0. The SMILES string of the molecule is Cc1noc(C)c1CSc1nc2cc(C(=O)O)ccc2c(=O)n1Cc1ccccc1. The number of carbonyl (C=O) groups is 1. The molecule has 30 heavy (non-hydrogen) atoms. The summed E-state index contributed by atoms with van der Waals surface area (Å²) < 4.78 is 6.85. The second-order valence-electron chi connectivity index (χ2n) is 6.90. The van der Waals surface area contributed by atoms with Gasteiger partial charge in [0.25, 0.3) is 5.56 Å². The molecule has 0 bridgehead atoms. The topological polar surface area (TPSA) is 98.2 Å². The number of rotatable bonds is 6. The van der Waals surface area contributed by atoms with E-state index < -0.39 is 5.97 Å². The van der Waals surface area contributed by atoms with Crippen molar-refractivity contribution in [2.24, 2.45) is 0 Å². The van der Waals surface area contributed by atoms with Crippen LogP contribution in [0.2, 0.25) is 0 Å². The van der Waals surface area contributed by atoms with Crippen molar-refractivity contribution in [3.63, 3.8) is 0 Å². The van der Waals surface area contributed by atoms with Crippen molar-refractivity contribution < 1.29 is 14.4 Å². The Hall–Kier alpha value is -3.39. The molecule has 0 atom stereocenters. The van der Waals surface area contributed by atoms with Gasteiger partial charge in [0.2, 0.25) is 0 Å². The first kappa shape index (κ1) is 19.9. The smallest absolute Gasteiger partial charge is 0.335 e. The summed E-state index contributed by atoms with van der Waals surface area (Å²) in [5, 5.41) is 14.2. The van der Waals surface area contributed by atoms with Crippen LogP contribution in [0.5, 0.6) is 0 Å². The van der Waals surface area contributed by atoms with Gasteiger partial charge in [0, 0.05) is 11.3 Å². The van der Waals surface area contributed by atoms with E-state index in [2.05, 4.69) is 10.1 Å². The third-order valence-electron chi connectivity index (χ3n) is 4.88. The molecule has 0 spiro atoms. The quantitative estimate of drug-likeness (QED) is 0.370. The Bertz CT molecular complexity index is 1280. The van der Waals surface area contributed by atoms with Crippen LogP contribution in [-0.2, 0) is 12.3 Å². The second kappa shape index (κ2) is 8.16. The van der Waals surface area contributed by atoms with E-state index >= 15 is 0 Å². The molecule has 0 aliphatic heterocycles. The molecular weight excluding hydrogens is 402 g/mol. The molecule has 4 aromatic rings. The summed E-state index contributed by atoms with van der Waals surface area (Å²) in [5.74, 6) is 0.204. The summed E-state index contributed by atoms with van der Waals surface area (Å²) in [5.41, 5.74) is 2.98. The zero-order valence-electron chi connectivity index (χ0n) is 16.5. The van der Waals surface area contributed by atoms with Crippen LogP contribution in [0.4, 0.5) is 0 Å². The van der Waals surface area contributed by atoms with Gasteiger partial charge in [0.1, 0.15) is 5.76 Å². The minimum absolute atomic E-state index is 0.0943. The minimum Gasteiger partial charge on any atom is -0.478 e. The van der Waals surface area contributed by atoms with Crippen molar-refractivity contribution in [2.45, 2.75) is 31.3 Å². The molecule has 2 heterocycles. The molecule has 0 radical (unpaired) electrons. The zero-order valence-corrected chi connectivity index (χ0v) is 17.3. The van der Waals surface area contributed by atoms with Crippen molar-refractivity contribution in [1.82, 2.24) is 14.7 Å². The number of fused-ring (bicyclic) bond motifs is 1. The Kier molecular flexibility index (Phi) is 5.41. The van der Waals surface area contributed by atoms with Crippen molar-refractivity contribution in [3.05, 3.63) is 87.0 Å². The predicted molar refractivity (Wildman–Crippen MR) is 114 cm³/mol. The van der Waals surface area contributed by atoms with Crippen molar-refractivity contribution >= 4 is 28.6 Å². The lowest BCUT2D eigenvalue weighted by atomic mass is 10.1. The van der Waals surface area contributed by atoms with E-state index in [0.717, 1.165) is 22.6 Å². The van der Waals surface area contributed by atoms with Gasteiger partial charge in [-0.15, -0.1) is 0 Å². The van der Waals surface area contributed by atoms with Crippen LogP contribution in [0.15, 0.2) is 63.0 Å². The summed E-state index contributed by atoms with van der Waals surface area (Å²) in [6.07, 6.45) is 0. The molecule has 0 aliphatic rings. The Labute approximate surface area is 176 Å². The Morgan fingerprint density at radius 2 is 1.93 bits per heavy atom. The van der Waals surface area contributed by atoms with Crippen LogP contribution >= 0.6 is 11.8 Å². The third kappa shape index (κ3) is 3.86. The third-order valence-corrected chi connectivity index (χ3v) is 5.88. The molecular formula is C22H19N3O4S. The second-order valence-corrected chi connectivity index (χ2v) is 7.84. The highest BCUT2D eigenvalue weighted by Gasteiger charge is 2.16. The molecule has 0 saturated carbocycles. The lowest BCUT2D eigenvalue weighted by Gasteiger charge is -2.13. The number of benzene rings is 2. The van der Waals surface area contributed by atoms with Gasteiger partial charge in [0.05, 0.1) is 28.7 Å². The fraction of sp³-hybridized carbons (Fsp3) is 0.182. The van der Waals surface area contributed by atoms with Crippen LogP contribution < -0.4 is 5.56 Å². The molecule has 4 rings (SSSR count). The molecule has 2 aromatic carbocycles. The molecule has 0 amide bonds. The first-order valence-electron chi connectivity index (χ1n) is 9.30. The van der Waals surface area contributed by atoms with Crippen LogP contribution in [-0.4, -0.2) is 25.8 Å².